The minimum absolute atomic E-state index is 0.0652. The lowest BCUT2D eigenvalue weighted by Crippen LogP contribution is -2.35. The molecular formula is C20H25NO4. The van der Waals surface area contributed by atoms with E-state index in [1.807, 2.05) is 62.4 Å². The lowest BCUT2D eigenvalue weighted by molar-refractivity contribution is -0.127. The van der Waals surface area contributed by atoms with Gasteiger partial charge in [-0.25, -0.2) is 0 Å². The summed E-state index contributed by atoms with van der Waals surface area (Å²) < 4.78 is 16.7. The summed E-state index contributed by atoms with van der Waals surface area (Å²) in [5.74, 6) is 1.83. The summed E-state index contributed by atoms with van der Waals surface area (Å²) in [5.41, 5.74) is 0.924. The van der Waals surface area contributed by atoms with Gasteiger partial charge in [0.25, 0.3) is 5.91 Å². The van der Waals surface area contributed by atoms with Gasteiger partial charge in [0.15, 0.2) is 17.6 Å². The van der Waals surface area contributed by atoms with Crippen LogP contribution in [0, 0.1) is 0 Å². The minimum atomic E-state index is -0.576. The van der Waals surface area contributed by atoms with E-state index in [2.05, 4.69) is 5.32 Å². The van der Waals surface area contributed by atoms with Crippen molar-refractivity contribution in [2.24, 2.45) is 0 Å². The highest BCUT2D eigenvalue weighted by Crippen LogP contribution is 2.28. The van der Waals surface area contributed by atoms with Crippen LogP contribution in [0.1, 0.15) is 26.3 Å². The summed E-state index contributed by atoms with van der Waals surface area (Å²) in [5, 5.41) is 2.87. The molecule has 2 aromatic rings. The predicted molar refractivity (Wildman–Crippen MR) is 97.1 cm³/mol. The molecule has 0 aliphatic carbocycles. The van der Waals surface area contributed by atoms with E-state index in [0.29, 0.717) is 23.8 Å². The molecular weight excluding hydrogens is 318 g/mol. The van der Waals surface area contributed by atoms with E-state index in [-0.39, 0.29) is 12.0 Å². The van der Waals surface area contributed by atoms with Crippen molar-refractivity contribution in [3.05, 3.63) is 54.1 Å². The summed E-state index contributed by atoms with van der Waals surface area (Å²) in [6.07, 6.45) is -0.511. The van der Waals surface area contributed by atoms with Crippen molar-refractivity contribution in [2.75, 3.05) is 7.11 Å². The van der Waals surface area contributed by atoms with E-state index in [1.54, 1.807) is 14.0 Å². The zero-order chi connectivity index (χ0) is 18.2. The van der Waals surface area contributed by atoms with Crippen molar-refractivity contribution in [1.82, 2.24) is 5.32 Å². The van der Waals surface area contributed by atoms with Gasteiger partial charge in [0.2, 0.25) is 0 Å². The highest BCUT2D eigenvalue weighted by atomic mass is 16.5. The quantitative estimate of drug-likeness (QED) is 0.796. The maximum absolute atomic E-state index is 12.2. The van der Waals surface area contributed by atoms with Gasteiger partial charge in [0, 0.05) is 6.54 Å². The van der Waals surface area contributed by atoms with Crippen molar-refractivity contribution < 1.29 is 19.0 Å². The molecule has 0 saturated heterocycles. The first-order chi connectivity index (χ1) is 12.0. The van der Waals surface area contributed by atoms with Gasteiger partial charge in [0.05, 0.1) is 13.2 Å². The van der Waals surface area contributed by atoms with Crippen LogP contribution in [0.4, 0.5) is 0 Å². The Balaban J connectivity index is 1.92. The monoisotopic (exact) mass is 343 g/mol. The third kappa shape index (κ3) is 5.71. The Morgan fingerprint density at radius 2 is 1.72 bits per heavy atom. The Hall–Kier alpha value is -2.69. The van der Waals surface area contributed by atoms with E-state index >= 15 is 0 Å². The molecule has 2 rings (SSSR count). The van der Waals surface area contributed by atoms with Crippen molar-refractivity contribution in [3.63, 3.8) is 0 Å². The second-order valence-electron chi connectivity index (χ2n) is 5.94. The number of hydrogen-bond acceptors (Lipinski definition) is 4. The summed E-state index contributed by atoms with van der Waals surface area (Å²) >= 11 is 0. The van der Waals surface area contributed by atoms with Crippen LogP contribution in [0.2, 0.25) is 0 Å². The topological polar surface area (TPSA) is 56.8 Å². The molecule has 5 nitrogen and oxygen atoms in total. The highest BCUT2D eigenvalue weighted by molar-refractivity contribution is 5.80. The normalized spacial score (nSPS) is 11.7. The zero-order valence-corrected chi connectivity index (χ0v) is 15.1. The van der Waals surface area contributed by atoms with Crippen LogP contribution in [0.3, 0.4) is 0 Å². The lowest BCUT2D eigenvalue weighted by atomic mass is 10.2. The number of nitrogens with one attached hydrogen (secondary N) is 1. The summed E-state index contributed by atoms with van der Waals surface area (Å²) in [6.45, 7) is 6.03. The molecule has 0 radical (unpaired) electrons. The molecule has 1 N–H and O–H groups in total. The Bertz CT molecular complexity index is 685. The molecule has 0 spiro atoms. The van der Waals surface area contributed by atoms with Gasteiger partial charge in [-0.3, -0.25) is 4.79 Å². The van der Waals surface area contributed by atoms with E-state index < -0.39 is 6.10 Å². The Kier molecular flexibility index (Phi) is 6.69. The number of ether oxygens (including phenoxy) is 3. The molecule has 134 valence electrons. The highest BCUT2D eigenvalue weighted by Gasteiger charge is 2.15. The lowest BCUT2D eigenvalue weighted by Gasteiger charge is -2.16. The molecule has 1 amide bonds. The van der Waals surface area contributed by atoms with Crippen molar-refractivity contribution in [3.8, 4) is 17.2 Å². The average molecular weight is 343 g/mol. The van der Waals surface area contributed by atoms with Crippen LogP contribution < -0.4 is 19.5 Å². The summed E-state index contributed by atoms with van der Waals surface area (Å²) in [6, 6.07) is 14.9. The standard InChI is InChI=1S/C20H25NO4/c1-14(2)24-18-11-10-16(12-19(18)23-4)13-21-20(22)15(3)25-17-8-6-5-7-9-17/h5-12,14-15H,13H2,1-4H3,(H,21,22). The molecule has 0 aliphatic heterocycles. The molecule has 0 saturated carbocycles. The molecule has 2 aromatic carbocycles. The fourth-order valence-corrected chi connectivity index (χ4v) is 2.26. The molecule has 25 heavy (non-hydrogen) atoms. The summed E-state index contributed by atoms with van der Waals surface area (Å²) in [7, 11) is 1.60. The number of rotatable bonds is 8. The predicted octanol–water partition coefficient (Wildman–Crippen LogP) is 3.57. The van der Waals surface area contributed by atoms with E-state index in [9.17, 15) is 4.79 Å². The van der Waals surface area contributed by atoms with Gasteiger partial charge in [-0.15, -0.1) is 0 Å². The van der Waals surface area contributed by atoms with Crippen LogP contribution in [-0.2, 0) is 11.3 Å². The minimum Gasteiger partial charge on any atom is -0.493 e. The van der Waals surface area contributed by atoms with E-state index in [4.69, 9.17) is 14.2 Å². The van der Waals surface area contributed by atoms with Crippen LogP contribution >= 0.6 is 0 Å². The first-order valence-corrected chi connectivity index (χ1v) is 8.32. The number of carbonyl (C=O) groups is 1. The average Bonchev–Trinajstić information content (AvgIpc) is 2.60. The van der Waals surface area contributed by atoms with Crippen LogP contribution in [0.25, 0.3) is 0 Å². The Labute approximate surface area is 148 Å². The SMILES string of the molecule is COc1cc(CNC(=O)C(C)Oc2ccccc2)ccc1OC(C)C. The van der Waals surface area contributed by atoms with Crippen LogP contribution in [-0.4, -0.2) is 25.2 Å². The van der Waals surface area contributed by atoms with Crippen molar-refractivity contribution in [1.29, 1.82) is 0 Å². The molecule has 0 heterocycles. The molecule has 1 atom stereocenters. The van der Waals surface area contributed by atoms with E-state index in [0.717, 1.165) is 5.56 Å². The van der Waals surface area contributed by atoms with Crippen molar-refractivity contribution in [2.45, 2.75) is 39.5 Å². The molecule has 0 aliphatic rings. The third-order valence-corrected chi connectivity index (χ3v) is 3.48. The van der Waals surface area contributed by atoms with Crippen molar-refractivity contribution >= 4 is 5.91 Å². The van der Waals surface area contributed by atoms with Gasteiger partial charge in [-0.05, 0) is 50.6 Å². The molecule has 0 aromatic heterocycles. The smallest absolute Gasteiger partial charge is 0.261 e. The number of para-hydroxylation sites is 1. The number of methoxy groups -OCH3 is 1. The second-order valence-corrected chi connectivity index (χ2v) is 5.94. The number of hydrogen-bond donors (Lipinski definition) is 1. The Morgan fingerprint density at radius 3 is 2.36 bits per heavy atom. The first kappa shape index (κ1) is 18.6. The molecule has 0 bridgehead atoms. The van der Waals surface area contributed by atoms with E-state index in [1.165, 1.54) is 0 Å². The number of benzene rings is 2. The molecule has 1 unspecified atom stereocenters. The second kappa shape index (κ2) is 8.97. The van der Waals surface area contributed by atoms with Crippen LogP contribution in [0.5, 0.6) is 17.2 Å². The summed E-state index contributed by atoms with van der Waals surface area (Å²) in [4.78, 5) is 12.2. The largest absolute Gasteiger partial charge is 0.493 e. The van der Waals surface area contributed by atoms with Gasteiger partial charge in [0.1, 0.15) is 5.75 Å². The molecule has 0 fully saturated rings. The number of carbonyl (C=O) groups excluding carboxylic acids is 1. The zero-order valence-electron chi connectivity index (χ0n) is 15.1. The van der Waals surface area contributed by atoms with Crippen LogP contribution in [0.15, 0.2) is 48.5 Å². The first-order valence-electron chi connectivity index (χ1n) is 8.32. The fraction of sp³-hybridized carbons (Fsp3) is 0.350. The van der Waals surface area contributed by atoms with Gasteiger partial charge in [-0.1, -0.05) is 24.3 Å². The third-order valence-electron chi connectivity index (χ3n) is 3.48. The fourth-order valence-electron chi connectivity index (χ4n) is 2.26. The maximum atomic E-state index is 12.2. The van der Waals surface area contributed by atoms with Gasteiger partial charge >= 0.3 is 0 Å². The number of amides is 1. The molecule has 5 heteroatoms. The Morgan fingerprint density at radius 1 is 1.00 bits per heavy atom. The van der Waals surface area contributed by atoms with Gasteiger partial charge < -0.3 is 19.5 Å². The van der Waals surface area contributed by atoms with Gasteiger partial charge in [-0.2, -0.15) is 0 Å². The maximum Gasteiger partial charge on any atom is 0.261 e.